The minimum absolute atomic E-state index is 0.208. The van der Waals surface area contributed by atoms with Crippen molar-refractivity contribution in [3.05, 3.63) is 91.5 Å². The molecule has 0 saturated heterocycles. The van der Waals surface area contributed by atoms with Crippen molar-refractivity contribution in [2.45, 2.75) is 6.18 Å². The molecule has 4 heterocycles. The largest absolute Gasteiger partial charge is 0.433 e. The van der Waals surface area contributed by atoms with Crippen LogP contribution in [-0.2, 0) is 6.18 Å². The van der Waals surface area contributed by atoms with Crippen molar-refractivity contribution in [3.63, 3.8) is 0 Å². The first-order valence-corrected chi connectivity index (χ1v) is 9.63. The Balaban J connectivity index is 1.75. The Hall–Kier alpha value is -4.27. The lowest BCUT2D eigenvalue weighted by atomic mass is 10.0. The number of pyridine rings is 3. The number of imidazole rings is 1. The van der Waals surface area contributed by atoms with Gasteiger partial charge >= 0.3 is 6.18 Å². The Kier molecular flexibility index (Phi) is 4.58. The summed E-state index contributed by atoms with van der Waals surface area (Å²) < 4.78 is 44.2. The van der Waals surface area contributed by atoms with Gasteiger partial charge in [-0.2, -0.15) is 13.2 Å². The van der Waals surface area contributed by atoms with Crippen molar-refractivity contribution in [2.75, 3.05) is 5.84 Å². The number of hydrogen-bond acceptors (Lipinski definition) is 4. The van der Waals surface area contributed by atoms with Gasteiger partial charge in [0.25, 0.3) is 0 Å². The van der Waals surface area contributed by atoms with Crippen molar-refractivity contribution in [1.29, 1.82) is 0 Å². The molecule has 0 amide bonds. The van der Waals surface area contributed by atoms with Crippen LogP contribution in [-0.4, -0.2) is 19.5 Å². The highest BCUT2D eigenvalue weighted by Crippen LogP contribution is 2.36. The molecular weight excluding hydrogens is 417 g/mol. The van der Waals surface area contributed by atoms with Gasteiger partial charge in [-0.1, -0.05) is 16.8 Å². The maximum absolute atomic E-state index is 13.7. The van der Waals surface area contributed by atoms with Crippen LogP contribution in [0.1, 0.15) is 5.69 Å². The molecule has 0 bridgehead atoms. The summed E-state index contributed by atoms with van der Waals surface area (Å²) in [6.07, 6.45) is 5.18. The van der Waals surface area contributed by atoms with Crippen LogP contribution in [0.25, 0.3) is 39.0 Å². The minimum atomic E-state index is -4.61. The number of para-hydroxylation sites is 1. The normalized spacial score (nSPS) is 11.7. The number of benzene rings is 1. The number of halogens is 3. The molecule has 0 aliphatic rings. The number of nitrogens with zero attached hydrogens (tertiary/aromatic N) is 5. The third-order valence-electron chi connectivity index (χ3n) is 5.06. The average molecular weight is 433 g/mol. The SMILES string of the molecule is N[n+]1cccc(-c2cc(C(F)(F)F)nc3c(-n4cnc(-c5cccnc5)c4)cccc23)c1. The van der Waals surface area contributed by atoms with E-state index in [4.69, 9.17) is 5.84 Å². The van der Waals surface area contributed by atoms with Gasteiger partial charge < -0.3 is 4.57 Å². The van der Waals surface area contributed by atoms with E-state index in [1.807, 2.05) is 6.07 Å². The molecule has 0 spiro atoms. The zero-order valence-corrected chi connectivity index (χ0v) is 16.5. The van der Waals surface area contributed by atoms with Crippen LogP contribution in [0.5, 0.6) is 0 Å². The molecule has 0 fully saturated rings. The first-order valence-electron chi connectivity index (χ1n) is 9.63. The number of rotatable bonds is 3. The lowest BCUT2D eigenvalue weighted by Gasteiger charge is -2.14. The van der Waals surface area contributed by atoms with Crippen molar-refractivity contribution in [1.82, 2.24) is 19.5 Å². The fraction of sp³-hybridized carbons (Fsp3) is 0.0435. The third-order valence-corrected chi connectivity index (χ3v) is 5.06. The second-order valence-electron chi connectivity index (χ2n) is 7.17. The van der Waals surface area contributed by atoms with E-state index in [1.54, 1.807) is 78.3 Å². The summed E-state index contributed by atoms with van der Waals surface area (Å²) in [4.78, 5) is 12.5. The summed E-state index contributed by atoms with van der Waals surface area (Å²) in [5.41, 5.74) is 2.09. The van der Waals surface area contributed by atoms with Crippen molar-refractivity contribution in [3.8, 4) is 28.1 Å². The second kappa shape index (κ2) is 7.45. The van der Waals surface area contributed by atoms with E-state index in [0.717, 1.165) is 11.6 Å². The number of aromatic nitrogens is 5. The van der Waals surface area contributed by atoms with Crippen molar-refractivity contribution >= 4 is 10.9 Å². The molecule has 5 rings (SSSR count). The standard InChI is InChI=1S/C23H16F3N6/c24-23(25,26)21-10-18(16-5-3-9-32(27)12-16)17-6-1-7-20(22(17)30-21)31-13-19(29-14-31)15-4-2-8-28-11-15/h1-14H,27H2/q+1. The van der Waals surface area contributed by atoms with Gasteiger partial charge in [0.15, 0.2) is 6.20 Å². The van der Waals surface area contributed by atoms with Crippen LogP contribution in [0.15, 0.2) is 85.8 Å². The highest BCUT2D eigenvalue weighted by Gasteiger charge is 2.34. The highest BCUT2D eigenvalue weighted by atomic mass is 19.4. The number of alkyl halides is 3. The summed E-state index contributed by atoms with van der Waals surface area (Å²) in [5.74, 6) is 5.80. The fourth-order valence-corrected chi connectivity index (χ4v) is 3.60. The van der Waals surface area contributed by atoms with Gasteiger partial charge in [-0.15, -0.1) is 0 Å². The van der Waals surface area contributed by atoms with E-state index in [0.29, 0.717) is 27.9 Å². The maximum Gasteiger partial charge on any atom is 0.433 e. The molecule has 2 N–H and O–H groups in total. The predicted octanol–water partition coefficient (Wildman–Crippen LogP) is 4.17. The Bertz CT molecular complexity index is 1430. The summed E-state index contributed by atoms with van der Waals surface area (Å²) in [6, 6.07) is 13.3. The summed E-state index contributed by atoms with van der Waals surface area (Å²) in [7, 11) is 0. The smallest absolute Gasteiger partial charge is 0.303 e. The van der Waals surface area contributed by atoms with E-state index in [-0.39, 0.29) is 5.52 Å². The molecule has 9 heteroatoms. The van der Waals surface area contributed by atoms with Gasteiger partial charge in [-0.05, 0) is 35.9 Å². The Morgan fingerprint density at radius 2 is 1.84 bits per heavy atom. The molecule has 6 nitrogen and oxygen atoms in total. The maximum atomic E-state index is 13.7. The second-order valence-corrected chi connectivity index (χ2v) is 7.17. The highest BCUT2D eigenvalue weighted by molar-refractivity contribution is 5.98. The van der Waals surface area contributed by atoms with Crippen LogP contribution in [0, 0.1) is 0 Å². The molecule has 0 aliphatic carbocycles. The Morgan fingerprint density at radius 3 is 2.59 bits per heavy atom. The van der Waals surface area contributed by atoms with Crippen LogP contribution >= 0.6 is 0 Å². The molecule has 0 atom stereocenters. The van der Waals surface area contributed by atoms with E-state index in [9.17, 15) is 13.2 Å². The zero-order chi connectivity index (χ0) is 22.3. The van der Waals surface area contributed by atoms with Crippen molar-refractivity contribution in [2.24, 2.45) is 0 Å². The van der Waals surface area contributed by atoms with E-state index >= 15 is 0 Å². The molecule has 0 aliphatic heterocycles. The number of nitrogens with two attached hydrogens (primary N) is 1. The molecule has 1 aromatic carbocycles. The Morgan fingerprint density at radius 1 is 1.00 bits per heavy atom. The molecule has 32 heavy (non-hydrogen) atoms. The average Bonchev–Trinajstić information content (AvgIpc) is 3.28. The monoisotopic (exact) mass is 433 g/mol. The predicted molar refractivity (Wildman–Crippen MR) is 113 cm³/mol. The van der Waals surface area contributed by atoms with Crippen LogP contribution in [0.4, 0.5) is 13.2 Å². The van der Waals surface area contributed by atoms with E-state index in [1.165, 1.54) is 4.68 Å². The molecule has 0 unspecified atom stereocenters. The van der Waals surface area contributed by atoms with Gasteiger partial charge in [0.2, 0.25) is 6.20 Å². The van der Waals surface area contributed by atoms with Gasteiger partial charge in [-0.25, -0.2) is 15.8 Å². The summed E-state index contributed by atoms with van der Waals surface area (Å²) in [5, 5.41) is 0.568. The number of hydrogen-bond donors (Lipinski definition) is 1. The lowest BCUT2D eigenvalue weighted by Crippen LogP contribution is -2.43. The van der Waals surface area contributed by atoms with Crippen molar-refractivity contribution < 1.29 is 17.8 Å². The molecule has 158 valence electrons. The van der Waals surface area contributed by atoms with Gasteiger partial charge in [-0.3, -0.25) is 4.98 Å². The van der Waals surface area contributed by atoms with E-state index in [2.05, 4.69) is 15.0 Å². The molecule has 4 aromatic heterocycles. The molecular formula is C23H16F3N6+. The molecule has 5 aromatic rings. The molecule has 0 saturated carbocycles. The third kappa shape index (κ3) is 3.53. The first-order chi connectivity index (χ1) is 15.4. The van der Waals surface area contributed by atoms with Gasteiger partial charge in [0.1, 0.15) is 5.69 Å². The van der Waals surface area contributed by atoms with Crippen LogP contribution < -0.4 is 10.5 Å². The zero-order valence-electron chi connectivity index (χ0n) is 16.5. The lowest BCUT2D eigenvalue weighted by molar-refractivity contribution is -0.638. The van der Waals surface area contributed by atoms with E-state index < -0.39 is 11.9 Å². The fourth-order valence-electron chi connectivity index (χ4n) is 3.60. The summed E-state index contributed by atoms with van der Waals surface area (Å²) in [6.45, 7) is 0. The van der Waals surface area contributed by atoms with Crippen LogP contribution in [0.2, 0.25) is 0 Å². The van der Waals surface area contributed by atoms with Gasteiger partial charge in [0, 0.05) is 41.2 Å². The Labute approximate surface area is 180 Å². The quantitative estimate of drug-likeness (QED) is 0.342. The topological polar surface area (TPSA) is 73.5 Å². The summed E-state index contributed by atoms with van der Waals surface area (Å²) >= 11 is 0. The molecule has 0 radical (unpaired) electrons. The van der Waals surface area contributed by atoms with Gasteiger partial charge in [0.05, 0.1) is 23.2 Å². The number of fused-ring (bicyclic) bond motifs is 1. The number of nitrogen functional groups attached to an aromatic ring is 1. The minimum Gasteiger partial charge on any atom is -0.303 e. The van der Waals surface area contributed by atoms with Crippen LogP contribution in [0.3, 0.4) is 0 Å². The first kappa shape index (κ1) is 19.7.